The van der Waals surface area contributed by atoms with Crippen molar-refractivity contribution in [3.63, 3.8) is 0 Å². The first-order valence-electron chi connectivity index (χ1n) is 9.26. The molecule has 0 aliphatic carbocycles. The molecule has 29 heavy (non-hydrogen) atoms. The zero-order chi connectivity index (χ0) is 19.6. The van der Waals surface area contributed by atoms with Gasteiger partial charge in [0.1, 0.15) is 5.82 Å². The van der Waals surface area contributed by atoms with Crippen LogP contribution in [-0.2, 0) is 0 Å². The van der Waals surface area contributed by atoms with E-state index in [1.165, 1.54) is 5.56 Å². The Kier molecular flexibility index (Phi) is 4.14. The third-order valence-corrected chi connectivity index (χ3v) is 4.75. The van der Waals surface area contributed by atoms with Crippen LogP contribution in [-0.4, -0.2) is 20.2 Å². The monoisotopic (exact) mass is 378 g/mol. The third-order valence-electron chi connectivity index (χ3n) is 4.75. The van der Waals surface area contributed by atoms with Gasteiger partial charge in [0.25, 0.3) is 0 Å². The van der Waals surface area contributed by atoms with Gasteiger partial charge in [-0.2, -0.15) is 10.1 Å². The van der Waals surface area contributed by atoms with E-state index in [4.69, 9.17) is 5.73 Å². The van der Waals surface area contributed by atoms with Gasteiger partial charge in [0, 0.05) is 22.8 Å². The Morgan fingerprint density at radius 3 is 2.48 bits per heavy atom. The number of nitrogen functional groups attached to an aromatic ring is 1. The summed E-state index contributed by atoms with van der Waals surface area (Å²) in [6.07, 6.45) is 1.63. The van der Waals surface area contributed by atoms with Crippen molar-refractivity contribution in [1.82, 2.24) is 20.2 Å². The molecule has 6 heteroatoms. The summed E-state index contributed by atoms with van der Waals surface area (Å²) in [5.74, 6) is 0.880. The molecule has 0 bridgehead atoms. The van der Waals surface area contributed by atoms with Gasteiger partial charge in [0.05, 0.1) is 11.2 Å². The average Bonchev–Trinajstić information content (AvgIpc) is 3.18. The smallest absolute Gasteiger partial charge is 0.221 e. The second-order valence-corrected chi connectivity index (χ2v) is 6.70. The van der Waals surface area contributed by atoms with E-state index in [0.717, 1.165) is 33.4 Å². The Hall–Kier alpha value is -4.19. The Balaban J connectivity index is 1.54. The fourth-order valence-corrected chi connectivity index (χ4v) is 3.38. The molecule has 0 fully saturated rings. The second-order valence-electron chi connectivity index (χ2n) is 6.70. The lowest BCUT2D eigenvalue weighted by Crippen LogP contribution is -1.98. The van der Waals surface area contributed by atoms with E-state index in [0.29, 0.717) is 5.82 Å². The molecule has 0 saturated carbocycles. The summed E-state index contributed by atoms with van der Waals surface area (Å²) < 4.78 is 0. The number of aromatic amines is 1. The standard InChI is InChI=1S/C23H18N6/c24-23-25-12-11-21(27-23)26-18-9-10-20-19(14-18)22(29-28-20)17-8-4-7-16(13-17)15-5-2-1-3-6-15/h1-14H,(H,28,29)(H3,24,25,26,27). The van der Waals surface area contributed by atoms with E-state index in [1.807, 2.05) is 30.3 Å². The summed E-state index contributed by atoms with van der Waals surface area (Å²) in [5.41, 5.74) is 11.8. The molecular formula is C23H18N6. The summed E-state index contributed by atoms with van der Waals surface area (Å²) >= 11 is 0. The highest BCUT2D eigenvalue weighted by atomic mass is 15.1. The maximum Gasteiger partial charge on any atom is 0.221 e. The van der Waals surface area contributed by atoms with Gasteiger partial charge < -0.3 is 11.1 Å². The Bertz CT molecular complexity index is 1290. The van der Waals surface area contributed by atoms with Crippen LogP contribution >= 0.6 is 0 Å². The first kappa shape index (κ1) is 16.9. The summed E-state index contributed by atoms with van der Waals surface area (Å²) in [4.78, 5) is 8.12. The molecule has 0 aliphatic rings. The van der Waals surface area contributed by atoms with Crippen molar-refractivity contribution in [3.05, 3.63) is 85.1 Å². The number of hydrogen-bond donors (Lipinski definition) is 3. The van der Waals surface area contributed by atoms with E-state index >= 15 is 0 Å². The predicted octanol–water partition coefficient (Wildman–Crippen LogP) is 5.01. The zero-order valence-electron chi connectivity index (χ0n) is 15.5. The Morgan fingerprint density at radius 2 is 1.62 bits per heavy atom. The van der Waals surface area contributed by atoms with Gasteiger partial charge in [-0.05, 0) is 41.5 Å². The van der Waals surface area contributed by atoms with Crippen LogP contribution in [0.1, 0.15) is 0 Å². The molecule has 3 aromatic carbocycles. The number of nitrogens with one attached hydrogen (secondary N) is 2. The average molecular weight is 378 g/mol. The maximum absolute atomic E-state index is 5.67. The maximum atomic E-state index is 5.67. The Morgan fingerprint density at radius 1 is 0.793 bits per heavy atom. The summed E-state index contributed by atoms with van der Waals surface area (Å²) in [5, 5.41) is 12.0. The number of nitrogens with two attached hydrogens (primary N) is 1. The van der Waals surface area contributed by atoms with Crippen LogP contribution in [0, 0.1) is 0 Å². The number of aromatic nitrogens is 4. The van der Waals surface area contributed by atoms with Crippen molar-refractivity contribution < 1.29 is 0 Å². The summed E-state index contributed by atoms with van der Waals surface area (Å²) in [6, 6.07) is 26.6. The fraction of sp³-hybridized carbons (Fsp3) is 0. The van der Waals surface area contributed by atoms with Gasteiger partial charge >= 0.3 is 0 Å². The number of benzene rings is 3. The van der Waals surface area contributed by atoms with Gasteiger partial charge in [-0.3, -0.25) is 5.10 Å². The normalized spacial score (nSPS) is 10.9. The van der Waals surface area contributed by atoms with Crippen LogP contribution in [0.4, 0.5) is 17.5 Å². The van der Waals surface area contributed by atoms with E-state index in [2.05, 4.69) is 67.9 Å². The van der Waals surface area contributed by atoms with Crippen molar-refractivity contribution in [3.8, 4) is 22.4 Å². The predicted molar refractivity (Wildman–Crippen MR) is 117 cm³/mol. The number of rotatable bonds is 4. The van der Waals surface area contributed by atoms with E-state index in [1.54, 1.807) is 12.3 Å². The lowest BCUT2D eigenvalue weighted by molar-refractivity contribution is 1.12. The molecule has 0 unspecified atom stereocenters. The van der Waals surface area contributed by atoms with Gasteiger partial charge in [-0.1, -0.05) is 48.5 Å². The molecule has 0 spiro atoms. The van der Waals surface area contributed by atoms with E-state index in [9.17, 15) is 0 Å². The minimum absolute atomic E-state index is 0.234. The number of anilines is 3. The molecule has 0 saturated heterocycles. The number of fused-ring (bicyclic) bond motifs is 1. The molecule has 140 valence electrons. The molecule has 0 aliphatic heterocycles. The minimum atomic E-state index is 0.234. The topological polar surface area (TPSA) is 92.5 Å². The first-order chi connectivity index (χ1) is 14.3. The number of hydrogen-bond acceptors (Lipinski definition) is 5. The second kappa shape index (κ2) is 7.09. The minimum Gasteiger partial charge on any atom is -0.368 e. The highest BCUT2D eigenvalue weighted by Crippen LogP contribution is 2.31. The first-order valence-corrected chi connectivity index (χ1v) is 9.26. The van der Waals surface area contributed by atoms with E-state index in [-0.39, 0.29) is 5.95 Å². The van der Waals surface area contributed by atoms with Crippen LogP contribution in [0.15, 0.2) is 85.1 Å². The van der Waals surface area contributed by atoms with Crippen molar-refractivity contribution in [2.45, 2.75) is 0 Å². The lowest BCUT2D eigenvalue weighted by atomic mass is 10.0. The molecule has 5 rings (SSSR count). The molecule has 2 aromatic heterocycles. The van der Waals surface area contributed by atoms with Gasteiger partial charge in [0.15, 0.2) is 0 Å². The van der Waals surface area contributed by atoms with Crippen molar-refractivity contribution in [2.75, 3.05) is 11.1 Å². The molecule has 4 N–H and O–H groups in total. The van der Waals surface area contributed by atoms with Gasteiger partial charge in [-0.25, -0.2) is 4.98 Å². The number of nitrogens with zero attached hydrogens (tertiary/aromatic N) is 3. The van der Waals surface area contributed by atoms with E-state index < -0.39 is 0 Å². The Labute approximate surface area is 167 Å². The number of H-pyrrole nitrogens is 1. The molecule has 2 heterocycles. The highest BCUT2D eigenvalue weighted by Gasteiger charge is 2.10. The van der Waals surface area contributed by atoms with Crippen LogP contribution in [0.25, 0.3) is 33.3 Å². The highest BCUT2D eigenvalue weighted by molar-refractivity contribution is 5.95. The van der Waals surface area contributed by atoms with Crippen LogP contribution in [0.2, 0.25) is 0 Å². The quantitative estimate of drug-likeness (QED) is 0.409. The molecule has 0 atom stereocenters. The molecule has 0 amide bonds. The molecular weight excluding hydrogens is 360 g/mol. The van der Waals surface area contributed by atoms with Crippen LogP contribution in [0.3, 0.4) is 0 Å². The fourth-order valence-electron chi connectivity index (χ4n) is 3.38. The zero-order valence-corrected chi connectivity index (χ0v) is 15.5. The van der Waals surface area contributed by atoms with Crippen LogP contribution in [0.5, 0.6) is 0 Å². The summed E-state index contributed by atoms with van der Waals surface area (Å²) in [6.45, 7) is 0. The lowest BCUT2D eigenvalue weighted by Gasteiger charge is -2.07. The van der Waals surface area contributed by atoms with Gasteiger partial charge in [-0.15, -0.1) is 0 Å². The molecule has 5 aromatic rings. The SMILES string of the molecule is Nc1nccc(Nc2ccc3[nH]nc(-c4cccc(-c5ccccc5)c4)c3c2)n1. The van der Waals surface area contributed by atoms with Crippen molar-refractivity contribution in [2.24, 2.45) is 0 Å². The van der Waals surface area contributed by atoms with Crippen molar-refractivity contribution >= 4 is 28.4 Å². The van der Waals surface area contributed by atoms with Crippen LogP contribution < -0.4 is 11.1 Å². The summed E-state index contributed by atoms with van der Waals surface area (Å²) in [7, 11) is 0. The van der Waals surface area contributed by atoms with Crippen molar-refractivity contribution in [1.29, 1.82) is 0 Å². The molecule has 6 nitrogen and oxygen atoms in total. The van der Waals surface area contributed by atoms with Gasteiger partial charge in [0.2, 0.25) is 5.95 Å². The third kappa shape index (κ3) is 3.39. The molecule has 0 radical (unpaired) electrons. The largest absolute Gasteiger partial charge is 0.368 e.